The highest BCUT2D eigenvalue weighted by Gasteiger charge is 2.17. The molecule has 0 aliphatic heterocycles. The predicted molar refractivity (Wildman–Crippen MR) is 125 cm³/mol. The second-order valence-electron chi connectivity index (χ2n) is 6.35. The standard InChI is InChI=1S/C22H17BrN6OS/c23-18-6-8-19(9-7-18)29-21(17-10-12-24-13-11-17)27-28-22(29)31-15-20(30)26-25-14-16-4-2-1-3-5-16/h1-14H,15H2,(H,26,30)/b25-14+. The first-order valence-electron chi connectivity index (χ1n) is 9.32. The normalized spacial score (nSPS) is 11.0. The Balaban J connectivity index is 1.51. The maximum Gasteiger partial charge on any atom is 0.250 e. The number of nitrogens with one attached hydrogen (secondary N) is 1. The summed E-state index contributed by atoms with van der Waals surface area (Å²) >= 11 is 4.75. The fourth-order valence-electron chi connectivity index (χ4n) is 2.75. The third kappa shape index (κ3) is 5.44. The molecule has 2 heterocycles. The molecule has 154 valence electrons. The van der Waals surface area contributed by atoms with Crippen LogP contribution in [0, 0.1) is 0 Å². The van der Waals surface area contributed by atoms with Crippen LogP contribution in [0.1, 0.15) is 5.56 Å². The van der Waals surface area contributed by atoms with Crippen LogP contribution < -0.4 is 5.43 Å². The number of benzene rings is 2. The molecule has 0 saturated heterocycles. The van der Waals surface area contributed by atoms with Gasteiger partial charge in [-0.1, -0.05) is 58.0 Å². The summed E-state index contributed by atoms with van der Waals surface area (Å²) in [5.41, 5.74) is 5.23. The van der Waals surface area contributed by atoms with Gasteiger partial charge in [0.2, 0.25) is 0 Å². The van der Waals surface area contributed by atoms with Crippen molar-refractivity contribution in [3.05, 3.63) is 89.2 Å². The zero-order valence-electron chi connectivity index (χ0n) is 16.2. The summed E-state index contributed by atoms with van der Waals surface area (Å²) in [6, 6.07) is 21.1. The molecular formula is C22H17BrN6OS. The molecule has 9 heteroatoms. The van der Waals surface area contributed by atoms with Gasteiger partial charge in [0.25, 0.3) is 5.91 Å². The van der Waals surface area contributed by atoms with Crippen LogP contribution >= 0.6 is 27.7 Å². The first-order chi connectivity index (χ1) is 15.2. The molecule has 2 aromatic carbocycles. The first kappa shape index (κ1) is 21.0. The first-order valence-corrected chi connectivity index (χ1v) is 11.1. The lowest BCUT2D eigenvalue weighted by Crippen LogP contribution is -2.20. The lowest BCUT2D eigenvalue weighted by atomic mass is 10.2. The highest BCUT2D eigenvalue weighted by molar-refractivity contribution is 9.10. The number of carbonyl (C=O) groups excluding carboxylic acids is 1. The maximum absolute atomic E-state index is 12.3. The minimum Gasteiger partial charge on any atom is -0.272 e. The van der Waals surface area contributed by atoms with Crippen molar-refractivity contribution in [3.63, 3.8) is 0 Å². The Bertz CT molecular complexity index is 1180. The second kappa shape index (κ2) is 10.1. The van der Waals surface area contributed by atoms with Crippen LogP contribution in [0.4, 0.5) is 0 Å². The Kier molecular flexibility index (Phi) is 6.85. The van der Waals surface area contributed by atoms with Gasteiger partial charge < -0.3 is 0 Å². The fourth-order valence-corrected chi connectivity index (χ4v) is 3.76. The smallest absolute Gasteiger partial charge is 0.250 e. The second-order valence-corrected chi connectivity index (χ2v) is 8.20. The van der Waals surface area contributed by atoms with Gasteiger partial charge in [-0.15, -0.1) is 10.2 Å². The van der Waals surface area contributed by atoms with Gasteiger partial charge in [0, 0.05) is 28.1 Å². The number of hydrogen-bond acceptors (Lipinski definition) is 6. The summed E-state index contributed by atoms with van der Waals surface area (Å²) in [5.74, 6) is 0.597. The van der Waals surface area contributed by atoms with E-state index in [1.54, 1.807) is 18.6 Å². The van der Waals surface area contributed by atoms with Crippen LogP contribution in [0.15, 0.2) is 93.9 Å². The summed E-state index contributed by atoms with van der Waals surface area (Å²) in [6.07, 6.45) is 5.02. The van der Waals surface area contributed by atoms with Crippen molar-refractivity contribution in [1.29, 1.82) is 0 Å². The molecule has 4 rings (SSSR count). The number of nitrogens with zero attached hydrogens (tertiary/aromatic N) is 5. The minimum absolute atomic E-state index is 0.150. The molecule has 31 heavy (non-hydrogen) atoms. The van der Waals surface area contributed by atoms with E-state index in [9.17, 15) is 4.79 Å². The van der Waals surface area contributed by atoms with Crippen molar-refractivity contribution < 1.29 is 4.79 Å². The number of hydrazone groups is 1. The van der Waals surface area contributed by atoms with E-state index >= 15 is 0 Å². The summed E-state index contributed by atoms with van der Waals surface area (Å²) < 4.78 is 2.90. The number of aromatic nitrogens is 4. The lowest BCUT2D eigenvalue weighted by molar-refractivity contribution is -0.118. The monoisotopic (exact) mass is 492 g/mol. The fraction of sp³-hybridized carbons (Fsp3) is 0.0455. The Labute approximate surface area is 191 Å². The number of pyridine rings is 1. The molecule has 0 bridgehead atoms. The average molecular weight is 493 g/mol. The van der Waals surface area contributed by atoms with E-state index in [0.29, 0.717) is 11.0 Å². The zero-order chi connectivity index (χ0) is 21.5. The van der Waals surface area contributed by atoms with E-state index in [0.717, 1.165) is 21.3 Å². The molecule has 0 spiro atoms. The van der Waals surface area contributed by atoms with Crippen LogP contribution in [0.3, 0.4) is 0 Å². The number of amides is 1. The number of hydrogen-bond donors (Lipinski definition) is 1. The van der Waals surface area contributed by atoms with Crippen LogP contribution in [-0.4, -0.2) is 37.6 Å². The Morgan fingerprint density at radius 3 is 2.52 bits per heavy atom. The molecule has 0 aliphatic rings. The van der Waals surface area contributed by atoms with Gasteiger partial charge in [0.15, 0.2) is 11.0 Å². The minimum atomic E-state index is -0.229. The third-order valence-corrected chi connectivity index (χ3v) is 5.65. The van der Waals surface area contributed by atoms with Gasteiger partial charge in [-0.3, -0.25) is 14.3 Å². The largest absolute Gasteiger partial charge is 0.272 e. The van der Waals surface area contributed by atoms with Crippen LogP contribution in [0.5, 0.6) is 0 Å². The summed E-state index contributed by atoms with van der Waals surface area (Å²) in [4.78, 5) is 16.3. The van der Waals surface area contributed by atoms with Crippen molar-refractivity contribution >= 4 is 39.8 Å². The third-order valence-electron chi connectivity index (χ3n) is 4.19. The topological polar surface area (TPSA) is 85.1 Å². The van der Waals surface area contributed by atoms with Gasteiger partial charge in [-0.05, 0) is 42.0 Å². The molecule has 0 atom stereocenters. The SMILES string of the molecule is O=C(CSc1nnc(-c2ccncc2)n1-c1ccc(Br)cc1)N/N=C/c1ccccc1. The van der Waals surface area contributed by atoms with E-state index in [1.807, 2.05) is 71.3 Å². The molecule has 0 fully saturated rings. The van der Waals surface area contributed by atoms with Gasteiger partial charge in [-0.2, -0.15) is 5.10 Å². The molecule has 2 aromatic heterocycles. The molecule has 4 aromatic rings. The van der Waals surface area contributed by atoms with Crippen LogP contribution in [0.25, 0.3) is 17.1 Å². The van der Waals surface area contributed by atoms with Crippen molar-refractivity contribution in [2.45, 2.75) is 5.16 Å². The van der Waals surface area contributed by atoms with Crippen molar-refractivity contribution in [1.82, 2.24) is 25.2 Å². The lowest BCUT2D eigenvalue weighted by Gasteiger charge is -2.10. The Morgan fingerprint density at radius 1 is 1.03 bits per heavy atom. The van der Waals surface area contributed by atoms with E-state index < -0.39 is 0 Å². The highest BCUT2D eigenvalue weighted by Crippen LogP contribution is 2.28. The highest BCUT2D eigenvalue weighted by atomic mass is 79.9. The Morgan fingerprint density at radius 2 is 1.77 bits per heavy atom. The molecular weight excluding hydrogens is 476 g/mol. The Hall–Kier alpha value is -3.30. The molecule has 1 amide bonds. The summed E-state index contributed by atoms with van der Waals surface area (Å²) in [7, 11) is 0. The van der Waals surface area contributed by atoms with E-state index in [4.69, 9.17) is 0 Å². The van der Waals surface area contributed by atoms with Crippen LogP contribution in [-0.2, 0) is 4.79 Å². The maximum atomic E-state index is 12.3. The average Bonchev–Trinajstić information content (AvgIpc) is 3.23. The van der Waals surface area contributed by atoms with Crippen molar-refractivity contribution in [2.75, 3.05) is 5.75 Å². The zero-order valence-corrected chi connectivity index (χ0v) is 18.6. The summed E-state index contributed by atoms with van der Waals surface area (Å²) in [5, 5.41) is 13.3. The number of thioether (sulfide) groups is 1. The van der Waals surface area contributed by atoms with Crippen molar-refractivity contribution in [2.24, 2.45) is 5.10 Å². The molecule has 0 aliphatic carbocycles. The van der Waals surface area contributed by atoms with E-state index in [2.05, 4.69) is 41.6 Å². The summed E-state index contributed by atoms with van der Waals surface area (Å²) in [6.45, 7) is 0. The van der Waals surface area contributed by atoms with E-state index in [-0.39, 0.29) is 11.7 Å². The van der Waals surface area contributed by atoms with Crippen LogP contribution in [0.2, 0.25) is 0 Å². The number of rotatable bonds is 7. The molecule has 0 radical (unpaired) electrons. The number of halogens is 1. The van der Waals surface area contributed by atoms with Gasteiger partial charge >= 0.3 is 0 Å². The molecule has 0 saturated carbocycles. The quantitative estimate of drug-likeness (QED) is 0.235. The van der Waals surface area contributed by atoms with Gasteiger partial charge in [0.05, 0.1) is 12.0 Å². The van der Waals surface area contributed by atoms with Crippen molar-refractivity contribution in [3.8, 4) is 17.1 Å². The molecule has 1 N–H and O–H groups in total. The van der Waals surface area contributed by atoms with E-state index in [1.165, 1.54) is 11.8 Å². The molecule has 7 nitrogen and oxygen atoms in total. The number of carbonyl (C=O) groups is 1. The predicted octanol–water partition coefficient (Wildman–Crippen LogP) is 4.33. The van der Waals surface area contributed by atoms with Gasteiger partial charge in [0.1, 0.15) is 0 Å². The van der Waals surface area contributed by atoms with Gasteiger partial charge in [-0.25, -0.2) is 5.43 Å². The molecule has 0 unspecified atom stereocenters.